The second-order valence-electron chi connectivity index (χ2n) is 6.24. The van der Waals surface area contributed by atoms with Crippen LogP contribution in [0.5, 0.6) is 5.75 Å². The number of pyridine rings is 1. The number of benzene rings is 2. The number of ether oxygens (including phenoxy) is 1. The van der Waals surface area contributed by atoms with E-state index in [9.17, 15) is 9.59 Å². The Labute approximate surface area is 155 Å². The highest BCUT2D eigenvalue weighted by molar-refractivity contribution is 6.06. The molecule has 0 atom stereocenters. The van der Waals surface area contributed by atoms with Crippen molar-refractivity contribution in [2.24, 2.45) is 0 Å². The number of nitrogens with one attached hydrogen (secondary N) is 2. The Morgan fingerprint density at radius 1 is 1.07 bits per heavy atom. The van der Waals surface area contributed by atoms with Crippen LogP contribution in [0.25, 0.3) is 21.7 Å². The summed E-state index contributed by atoms with van der Waals surface area (Å²) in [5.41, 5.74) is 1.32. The summed E-state index contributed by atoms with van der Waals surface area (Å²) >= 11 is 0. The summed E-state index contributed by atoms with van der Waals surface area (Å²) in [5.74, 6) is 0.617. The minimum Gasteiger partial charge on any atom is -0.496 e. The van der Waals surface area contributed by atoms with Gasteiger partial charge in [0, 0.05) is 41.6 Å². The number of rotatable bonds is 5. The molecular formula is C21H19N3O3. The van der Waals surface area contributed by atoms with E-state index in [2.05, 4.69) is 14.9 Å². The SMILES string of the molecule is COc1cccc2c1ccn2CCNC(=O)c1c[nH]c(=O)c2ccccc12. The number of nitrogens with zero attached hydrogens (tertiary/aromatic N) is 1. The lowest BCUT2D eigenvalue weighted by molar-refractivity contribution is 0.0953. The van der Waals surface area contributed by atoms with Gasteiger partial charge in [-0.1, -0.05) is 24.3 Å². The van der Waals surface area contributed by atoms with E-state index >= 15 is 0 Å². The Bertz CT molecular complexity index is 1190. The zero-order valence-corrected chi connectivity index (χ0v) is 14.9. The molecule has 2 N–H and O–H groups in total. The van der Waals surface area contributed by atoms with Gasteiger partial charge in [-0.25, -0.2) is 0 Å². The van der Waals surface area contributed by atoms with E-state index in [1.54, 1.807) is 25.3 Å². The highest BCUT2D eigenvalue weighted by Gasteiger charge is 2.12. The van der Waals surface area contributed by atoms with E-state index in [0.717, 1.165) is 16.7 Å². The molecule has 0 saturated carbocycles. The summed E-state index contributed by atoms with van der Waals surface area (Å²) in [4.78, 5) is 27.1. The van der Waals surface area contributed by atoms with Crippen molar-refractivity contribution in [3.63, 3.8) is 0 Å². The summed E-state index contributed by atoms with van der Waals surface area (Å²) in [6, 6.07) is 15.0. The maximum Gasteiger partial charge on any atom is 0.255 e. The van der Waals surface area contributed by atoms with Gasteiger partial charge in [-0.15, -0.1) is 0 Å². The molecule has 27 heavy (non-hydrogen) atoms. The van der Waals surface area contributed by atoms with Crippen LogP contribution >= 0.6 is 0 Å². The lowest BCUT2D eigenvalue weighted by Gasteiger charge is -2.10. The molecule has 0 saturated heterocycles. The molecule has 0 unspecified atom stereocenters. The van der Waals surface area contributed by atoms with Gasteiger partial charge < -0.3 is 19.6 Å². The number of aromatic amines is 1. The minimum absolute atomic E-state index is 0.199. The van der Waals surface area contributed by atoms with E-state index in [1.807, 2.05) is 36.5 Å². The Morgan fingerprint density at radius 2 is 1.89 bits per heavy atom. The van der Waals surface area contributed by atoms with Crippen molar-refractivity contribution in [1.82, 2.24) is 14.9 Å². The number of fused-ring (bicyclic) bond motifs is 2. The van der Waals surface area contributed by atoms with Gasteiger partial charge in [-0.3, -0.25) is 9.59 Å². The van der Waals surface area contributed by atoms with Crippen molar-refractivity contribution >= 4 is 27.6 Å². The largest absolute Gasteiger partial charge is 0.496 e. The zero-order chi connectivity index (χ0) is 18.8. The number of H-pyrrole nitrogens is 1. The highest BCUT2D eigenvalue weighted by atomic mass is 16.5. The fourth-order valence-electron chi connectivity index (χ4n) is 3.35. The molecule has 0 bridgehead atoms. The third-order valence-corrected chi connectivity index (χ3v) is 4.69. The van der Waals surface area contributed by atoms with Crippen LogP contribution in [0.3, 0.4) is 0 Å². The average Bonchev–Trinajstić information content (AvgIpc) is 3.11. The van der Waals surface area contributed by atoms with Crippen molar-refractivity contribution in [3.8, 4) is 5.75 Å². The number of hydrogen-bond donors (Lipinski definition) is 2. The molecular weight excluding hydrogens is 342 g/mol. The topological polar surface area (TPSA) is 76.1 Å². The molecule has 4 rings (SSSR count). The van der Waals surface area contributed by atoms with Gasteiger partial charge in [0.1, 0.15) is 5.75 Å². The summed E-state index contributed by atoms with van der Waals surface area (Å²) in [5, 5.41) is 5.12. The first-order valence-corrected chi connectivity index (χ1v) is 8.69. The normalized spacial score (nSPS) is 11.0. The second-order valence-corrected chi connectivity index (χ2v) is 6.24. The van der Waals surface area contributed by atoms with Crippen LogP contribution < -0.4 is 15.6 Å². The van der Waals surface area contributed by atoms with Gasteiger partial charge in [0.05, 0.1) is 18.2 Å². The molecule has 2 aromatic heterocycles. The first kappa shape index (κ1) is 16.9. The number of hydrogen-bond acceptors (Lipinski definition) is 3. The molecule has 4 aromatic rings. The summed E-state index contributed by atoms with van der Waals surface area (Å²) in [6.45, 7) is 1.09. The first-order valence-electron chi connectivity index (χ1n) is 8.69. The van der Waals surface area contributed by atoms with Gasteiger partial charge in [0.25, 0.3) is 11.5 Å². The number of carbonyl (C=O) groups is 1. The molecule has 0 radical (unpaired) electrons. The average molecular weight is 361 g/mol. The van der Waals surface area contributed by atoms with Crippen molar-refractivity contribution in [2.75, 3.05) is 13.7 Å². The molecule has 6 nitrogen and oxygen atoms in total. The smallest absolute Gasteiger partial charge is 0.255 e. The number of carbonyl (C=O) groups excluding carboxylic acids is 1. The number of amides is 1. The maximum atomic E-state index is 12.6. The third kappa shape index (κ3) is 3.06. The van der Waals surface area contributed by atoms with Gasteiger partial charge in [-0.05, 0) is 24.3 Å². The van der Waals surface area contributed by atoms with Crippen molar-refractivity contribution in [1.29, 1.82) is 0 Å². The molecule has 6 heteroatoms. The molecule has 0 spiro atoms. The Hall–Kier alpha value is -3.54. The molecule has 1 amide bonds. The van der Waals surface area contributed by atoms with Crippen LogP contribution in [0.4, 0.5) is 0 Å². The van der Waals surface area contributed by atoms with Gasteiger partial charge in [-0.2, -0.15) is 0 Å². The third-order valence-electron chi connectivity index (χ3n) is 4.69. The summed E-state index contributed by atoms with van der Waals surface area (Å²) in [7, 11) is 1.65. The minimum atomic E-state index is -0.212. The predicted molar refractivity (Wildman–Crippen MR) is 105 cm³/mol. The van der Waals surface area contributed by atoms with E-state index in [0.29, 0.717) is 29.4 Å². The van der Waals surface area contributed by atoms with Crippen molar-refractivity contribution < 1.29 is 9.53 Å². The Morgan fingerprint density at radius 3 is 2.70 bits per heavy atom. The maximum absolute atomic E-state index is 12.6. The number of aromatic nitrogens is 2. The fraction of sp³-hybridized carbons (Fsp3) is 0.143. The van der Waals surface area contributed by atoms with Crippen LogP contribution in [0, 0.1) is 0 Å². The molecule has 0 fully saturated rings. The zero-order valence-electron chi connectivity index (χ0n) is 14.9. The quantitative estimate of drug-likeness (QED) is 0.574. The van der Waals surface area contributed by atoms with Gasteiger partial charge >= 0.3 is 0 Å². The standard InChI is InChI=1S/C21H19N3O3/c1-27-19-8-4-7-18-16(19)9-11-24(18)12-10-22-21(26)17-13-23-20(25)15-6-3-2-5-14(15)17/h2-9,11,13H,10,12H2,1H3,(H,22,26)(H,23,25). The van der Waals surface area contributed by atoms with Crippen LogP contribution in [0.15, 0.2) is 65.7 Å². The van der Waals surface area contributed by atoms with Crippen LogP contribution in [0.1, 0.15) is 10.4 Å². The summed E-state index contributed by atoms with van der Waals surface area (Å²) in [6.07, 6.45) is 3.45. The van der Waals surface area contributed by atoms with E-state index < -0.39 is 0 Å². The predicted octanol–water partition coefficient (Wildman–Crippen LogP) is 2.92. The fourth-order valence-corrected chi connectivity index (χ4v) is 3.35. The Balaban J connectivity index is 1.51. The van der Waals surface area contributed by atoms with Crippen molar-refractivity contribution in [2.45, 2.75) is 6.54 Å². The molecule has 0 aliphatic heterocycles. The van der Waals surface area contributed by atoms with Crippen LogP contribution in [0.2, 0.25) is 0 Å². The molecule has 0 aliphatic carbocycles. The second kappa shape index (κ2) is 6.99. The summed E-state index contributed by atoms with van der Waals surface area (Å²) < 4.78 is 7.45. The monoisotopic (exact) mass is 361 g/mol. The molecule has 2 heterocycles. The van der Waals surface area contributed by atoms with Crippen molar-refractivity contribution in [3.05, 3.63) is 76.8 Å². The van der Waals surface area contributed by atoms with Crippen LogP contribution in [-0.4, -0.2) is 29.1 Å². The van der Waals surface area contributed by atoms with Gasteiger partial charge in [0.15, 0.2) is 0 Å². The van der Waals surface area contributed by atoms with Crippen LogP contribution in [-0.2, 0) is 6.54 Å². The lowest BCUT2D eigenvalue weighted by Crippen LogP contribution is -2.28. The molecule has 136 valence electrons. The molecule has 0 aliphatic rings. The van der Waals surface area contributed by atoms with Gasteiger partial charge in [0.2, 0.25) is 0 Å². The Kier molecular flexibility index (Phi) is 4.38. The van der Waals surface area contributed by atoms with E-state index in [1.165, 1.54) is 6.20 Å². The highest BCUT2D eigenvalue weighted by Crippen LogP contribution is 2.26. The first-order chi connectivity index (χ1) is 13.2. The molecule has 2 aromatic carbocycles. The lowest BCUT2D eigenvalue weighted by atomic mass is 10.1. The van der Waals surface area contributed by atoms with E-state index in [-0.39, 0.29) is 11.5 Å². The number of methoxy groups -OCH3 is 1. The van der Waals surface area contributed by atoms with E-state index in [4.69, 9.17) is 4.74 Å².